The van der Waals surface area contributed by atoms with E-state index in [0.717, 1.165) is 4.68 Å². The zero-order valence-corrected chi connectivity index (χ0v) is 26.1. The summed E-state index contributed by atoms with van der Waals surface area (Å²) in [6, 6.07) is -0.736. The average molecular weight is 701 g/mol. The van der Waals surface area contributed by atoms with E-state index in [4.69, 9.17) is 40.4 Å². The molecule has 2 saturated heterocycles. The van der Waals surface area contributed by atoms with Gasteiger partial charge < -0.3 is 49.1 Å². The van der Waals surface area contributed by atoms with Gasteiger partial charge in [0, 0.05) is 5.41 Å². The third kappa shape index (κ3) is 4.67. The predicted octanol–water partition coefficient (Wildman–Crippen LogP) is -1.44. The highest BCUT2D eigenvalue weighted by Gasteiger charge is 2.74. The Hall–Kier alpha value is -2.85. The number of nitrogens with two attached hydrogens (primary N) is 1. The van der Waals surface area contributed by atoms with Crippen LogP contribution in [0, 0.1) is 18.3 Å². The fourth-order valence-corrected chi connectivity index (χ4v) is 9.25. The number of nitrogens with one attached hydrogen (secondary N) is 1. The van der Waals surface area contributed by atoms with Crippen LogP contribution in [0.5, 0.6) is 0 Å². The number of aliphatic hydroxyl groups is 2. The second kappa shape index (κ2) is 10.3. The molecule has 4 aromatic heterocycles. The number of aliphatic hydroxyl groups excluding tert-OH is 2. The summed E-state index contributed by atoms with van der Waals surface area (Å²) in [6.45, 7) is -3.69. The van der Waals surface area contributed by atoms with Crippen molar-refractivity contribution in [2.75, 3.05) is 18.9 Å². The van der Waals surface area contributed by atoms with Gasteiger partial charge in [0.15, 0.2) is 28.9 Å². The summed E-state index contributed by atoms with van der Waals surface area (Å²) in [4.78, 5) is 53.6. The number of phosphoric acid groups is 1. The van der Waals surface area contributed by atoms with Crippen LogP contribution in [0.25, 0.3) is 22.3 Å². The number of rotatable bonds is 2. The van der Waals surface area contributed by atoms with E-state index in [1.807, 2.05) is 0 Å². The number of ether oxygens (including phenoxy) is 1. The molecule has 4 aromatic rings. The molecule has 7 N–H and O–H groups in total. The second-order valence-electron chi connectivity index (χ2n) is 11.6. The summed E-state index contributed by atoms with van der Waals surface area (Å²) in [5.74, 6) is -0.0680. The predicted molar refractivity (Wildman–Crippen MR) is 154 cm³/mol. The highest BCUT2D eigenvalue weighted by Crippen LogP contribution is 2.72. The van der Waals surface area contributed by atoms with Gasteiger partial charge in [0.05, 0.1) is 25.6 Å². The minimum absolute atomic E-state index is 0.0494. The molecule has 2 bridgehead atoms. The number of imidazole rings is 1. The maximum absolute atomic E-state index is 13.4. The van der Waals surface area contributed by atoms with Crippen molar-refractivity contribution in [1.29, 1.82) is 0 Å². The Morgan fingerprint density at radius 3 is 2.74 bits per heavy atom. The SMILES string of the molecule is Cc1nc2c(nnn2[C@@H]2O[C@@H]3COP(O)(=S)O[C@H]4[C@@H](O)[C@H](n5cnc6c(N)ncnc65)[C@H]5CC54COP(=O)(O)O[C@@H]2[C@@H]3O)c(=O)[nH]1. The molecular weight excluding hydrogens is 674 g/mol. The largest absolute Gasteiger partial charge is 0.472 e. The molecule has 8 rings (SSSR count). The number of aromatic nitrogens is 9. The van der Waals surface area contributed by atoms with Gasteiger partial charge in [-0.05, 0) is 31.1 Å². The standard InChI is InChI=1S/C22H26N10O11P2S/c1-7-27-19-11(20(35)28-7)29-30-32(19)21-15-13(33)9(41-21)3-39-45(38,46)43-16-14(34)12(8-2-22(8,16)4-40-44(36,37)42-15)31-6-26-10-17(23)24-5-25-18(10)31/h5-6,8-9,12-16,21,33-34H,2-4H2,1H3,(H,36,37)(H,38,46)(H2,23,24,25)(H,27,28,35)/t8-,9-,12-,13-,14+,15-,16+,21-,22?,45?/m1/s1. The monoisotopic (exact) mass is 700 g/mol. The third-order valence-electron chi connectivity index (χ3n) is 8.93. The molecule has 2 saturated carbocycles. The van der Waals surface area contributed by atoms with Gasteiger partial charge in [0.1, 0.15) is 48.2 Å². The number of hydrogen-bond acceptors (Lipinski definition) is 17. The molecule has 21 nitrogen and oxygen atoms in total. The topological polar surface area (TPSA) is 290 Å². The van der Waals surface area contributed by atoms with Crippen molar-refractivity contribution in [3.8, 4) is 0 Å². The summed E-state index contributed by atoms with van der Waals surface area (Å²) < 4.78 is 44.4. The van der Waals surface area contributed by atoms with E-state index in [0.29, 0.717) is 17.6 Å². The smallest absolute Gasteiger partial charge is 0.388 e. The molecule has 0 amide bonds. The van der Waals surface area contributed by atoms with Crippen molar-refractivity contribution in [2.45, 2.75) is 56.1 Å². The highest BCUT2D eigenvalue weighted by molar-refractivity contribution is 8.07. The van der Waals surface area contributed by atoms with Crippen LogP contribution in [0.15, 0.2) is 17.4 Å². The maximum Gasteiger partial charge on any atom is 0.472 e. The van der Waals surface area contributed by atoms with E-state index in [2.05, 4.69) is 35.2 Å². The minimum Gasteiger partial charge on any atom is -0.388 e. The van der Waals surface area contributed by atoms with Gasteiger partial charge in [0.25, 0.3) is 5.56 Å². The lowest BCUT2D eigenvalue weighted by Gasteiger charge is -2.31. The molecular formula is C22H26N10O11P2S. The Balaban J connectivity index is 1.14. The van der Waals surface area contributed by atoms with E-state index in [1.165, 1.54) is 19.6 Å². The first-order valence-electron chi connectivity index (χ1n) is 13.9. The fourth-order valence-electron chi connectivity index (χ4n) is 6.77. The summed E-state index contributed by atoms with van der Waals surface area (Å²) in [6.07, 6.45) is -5.59. The van der Waals surface area contributed by atoms with Gasteiger partial charge in [-0.1, -0.05) is 5.21 Å². The third-order valence-corrected chi connectivity index (χ3v) is 11.4. The Kier molecular flexibility index (Phi) is 6.84. The van der Waals surface area contributed by atoms with E-state index < -0.39 is 87.4 Å². The highest BCUT2D eigenvalue weighted by atomic mass is 32.5. The van der Waals surface area contributed by atoms with Crippen LogP contribution >= 0.6 is 14.5 Å². The van der Waals surface area contributed by atoms with Crippen LogP contribution < -0.4 is 11.3 Å². The molecule has 3 unspecified atom stereocenters. The number of nitrogen functional groups attached to an aromatic ring is 1. The van der Waals surface area contributed by atoms with E-state index in [1.54, 1.807) is 4.57 Å². The van der Waals surface area contributed by atoms with Crippen molar-refractivity contribution in [2.24, 2.45) is 11.3 Å². The lowest BCUT2D eigenvalue weighted by atomic mass is 10.0. The maximum atomic E-state index is 13.4. The van der Waals surface area contributed by atoms with E-state index >= 15 is 0 Å². The normalized spacial score (nSPS) is 41.1. The van der Waals surface area contributed by atoms with Gasteiger partial charge in [0.2, 0.25) is 0 Å². The van der Waals surface area contributed by atoms with Gasteiger partial charge in [-0.2, -0.15) is 4.68 Å². The summed E-state index contributed by atoms with van der Waals surface area (Å²) >= 11 is 5.30. The Morgan fingerprint density at radius 1 is 1.13 bits per heavy atom. The van der Waals surface area contributed by atoms with Crippen LogP contribution in [0.3, 0.4) is 0 Å². The number of anilines is 1. The number of hydrogen-bond donors (Lipinski definition) is 6. The van der Waals surface area contributed by atoms with Crippen molar-refractivity contribution in [1.82, 2.24) is 44.5 Å². The number of H-pyrrole nitrogens is 1. The van der Waals surface area contributed by atoms with Crippen molar-refractivity contribution < 1.29 is 47.4 Å². The quantitative estimate of drug-likeness (QED) is 0.131. The first-order chi connectivity index (χ1) is 21.8. The molecule has 2 aliphatic heterocycles. The van der Waals surface area contributed by atoms with E-state index in [-0.39, 0.29) is 22.8 Å². The molecule has 2 aliphatic carbocycles. The summed E-state index contributed by atoms with van der Waals surface area (Å²) in [5.41, 5.74) is 4.68. The summed E-state index contributed by atoms with van der Waals surface area (Å²) in [5, 5.41) is 30.4. The zero-order valence-electron chi connectivity index (χ0n) is 23.5. The number of aromatic amines is 1. The molecule has 6 heterocycles. The number of aryl methyl sites for hydroxylation is 1. The molecule has 1 spiro atoms. The Morgan fingerprint density at radius 2 is 1.93 bits per heavy atom. The molecule has 4 fully saturated rings. The second-order valence-corrected chi connectivity index (χ2v) is 15.8. The van der Waals surface area contributed by atoms with Crippen molar-refractivity contribution >= 4 is 54.5 Å². The van der Waals surface area contributed by atoms with Gasteiger partial charge in [-0.15, -0.1) is 5.10 Å². The minimum atomic E-state index is -5.00. The van der Waals surface area contributed by atoms with Crippen LogP contribution in [-0.2, 0) is 39.2 Å². The molecule has 46 heavy (non-hydrogen) atoms. The van der Waals surface area contributed by atoms with Gasteiger partial charge in [-0.3, -0.25) is 13.8 Å². The number of nitrogens with zero attached hydrogens (tertiary/aromatic N) is 8. The molecule has 4 aliphatic rings. The lowest BCUT2D eigenvalue weighted by Crippen LogP contribution is -2.38. The zero-order chi connectivity index (χ0) is 32.3. The molecule has 0 aromatic carbocycles. The van der Waals surface area contributed by atoms with Crippen LogP contribution in [0.4, 0.5) is 5.82 Å². The van der Waals surface area contributed by atoms with Crippen LogP contribution in [-0.4, -0.2) is 108 Å². The van der Waals surface area contributed by atoms with Gasteiger partial charge >= 0.3 is 14.5 Å². The average Bonchev–Trinajstić information content (AvgIpc) is 3.26. The first-order valence-corrected chi connectivity index (χ1v) is 18.0. The summed E-state index contributed by atoms with van der Waals surface area (Å²) in [7, 11) is -5.00. The first kappa shape index (κ1) is 30.5. The Bertz CT molecular complexity index is 2040. The van der Waals surface area contributed by atoms with Crippen molar-refractivity contribution in [3.05, 3.63) is 28.8 Å². The number of phosphoric ester groups is 1. The fraction of sp³-hybridized carbons (Fsp3) is 0.591. The molecule has 0 radical (unpaired) electrons. The van der Waals surface area contributed by atoms with Crippen LogP contribution in [0.1, 0.15) is 24.5 Å². The molecule has 246 valence electrons. The molecule has 11 atom stereocenters. The molecule has 24 heteroatoms. The van der Waals surface area contributed by atoms with Crippen LogP contribution in [0.2, 0.25) is 0 Å². The van der Waals surface area contributed by atoms with Gasteiger partial charge in [-0.25, -0.2) is 24.5 Å². The number of fused-ring (bicyclic) bond motifs is 4. The van der Waals surface area contributed by atoms with Crippen molar-refractivity contribution in [3.63, 3.8) is 0 Å². The Labute approximate surface area is 261 Å². The van der Waals surface area contributed by atoms with E-state index in [9.17, 15) is 29.4 Å². The lowest BCUT2D eigenvalue weighted by molar-refractivity contribution is -0.0662.